The maximum Gasteiger partial charge on any atom is 0.162 e. The average Bonchev–Trinajstić information content (AvgIpc) is 3.10. The van der Waals surface area contributed by atoms with Gasteiger partial charge < -0.3 is 5.32 Å². The van der Waals surface area contributed by atoms with Crippen LogP contribution in [0.2, 0.25) is 5.15 Å². The summed E-state index contributed by atoms with van der Waals surface area (Å²) in [5.41, 5.74) is 3.14. The Bertz CT molecular complexity index is 880. The van der Waals surface area contributed by atoms with E-state index in [4.69, 9.17) is 16.6 Å². The number of aromatic nitrogens is 4. The summed E-state index contributed by atoms with van der Waals surface area (Å²) in [5, 5.41) is 11.7. The molecule has 4 rings (SSSR count). The van der Waals surface area contributed by atoms with E-state index in [-0.39, 0.29) is 6.04 Å². The highest BCUT2D eigenvalue weighted by atomic mass is 35.5. The Morgan fingerprint density at radius 3 is 2.79 bits per heavy atom. The van der Waals surface area contributed by atoms with Gasteiger partial charge in [-0.25, -0.2) is 9.97 Å². The van der Waals surface area contributed by atoms with Crippen molar-refractivity contribution < 1.29 is 0 Å². The molecule has 1 fully saturated rings. The van der Waals surface area contributed by atoms with E-state index in [9.17, 15) is 0 Å². The summed E-state index contributed by atoms with van der Waals surface area (Å²) >= 11 is 7.95. The quantitative estimate of drug-likeness (QED) is 0.649. The van der Waals surface area contributed by atoms with E-state index < -0.39 is 0 Å². The van der Waals surface area contributed by atoms with Crippen LogP contribution in [0.4, 0.5) is 5.82 Å². The third-order valence-electron chi connectivity index (χ3n) is 4.36. The number of nitrogens with one attached hydrogen (secondary N) is 1. The topological polar surface area (TPSA) is 55.1 Å². The van der Waals surface area contributed by atoms with Crippen molar-refractivity contribution in [2.45, 2.75) is 51.5 Å². The molecule has 126 valence electrons. The van der Waals surface area contributed by atoms with Crippen LogP contribution in [-0.4, -0.2) is 19.6 Å². The van der Waals surface area contributed by atoms with E-state index >= 15 is 0 Å². The van der Waals surface area contributed by atoms with E-state index in [0.29, 0.717) is 17.0 Å². The molecule has 0 aliphatic heterocycles. The highest BCUT2D eigenvalue weighted by Crippen LogP contribution is 2.41. The second-order valence-corrected chi connectivity index (χ2v) is 7.98. The van der Waals surface area contributed by atoms with Gasteiger partial charge in [-0.1, -0.05) is 25.4 Å². The summed E-state index contributed by atoms with van der Waals surface area (Å²) in [4.78, 5) is 9.23. The molecule has 1 N–H and O–H groups in total. The van der Waals surface area contributed by atoms with Crippen LogP contribution in [0.25, 0.3) is 5.65 Å². The van der Waals surface area contributed by atoms with E-state index in [1.54, 1.807) is 11.3 Å². The molecular weight excluding hydrogens is 342 g/mol. The predicted molar refractivity (Wildman–Crippen MR) is 98.2 cm³/mol. The molecule has 1 saturated carbocycles. The van der Waals surface area contributed by atoms with Crippen LogP contribution in [0.3, 0.4) is 0 Å². The van der Waals surface area contributed by atoms with Crippen molar-refractivity contribution in [2.75, 3.05) is 5.32 Å². The fraction of sp³-hybridized carbons (Fsp3) is 0.471. The summed E-state index contributed by atoms with van der Waals surface area (Å²) in [6, 6.07) is 1.91. The molecule has 3 aromatic rings. The van der Waals surface area contributed by atoms with Crippen molar-refractivity contribution in [2.24, 2.45) is 0 Å². The number of rotatable bonds is 5. The molecule has 1 aliphatic rings. The van der Waals surface area contributed by atoms with Crippen LogP contribution in [0.1, 0.15) is 67.8 Å². The van der Waals surface area contributed by atoms with Crippen molar-refractivity contribution in [3.8, 4) is 0 Å². The van der Waals surface area contributed by atoms with E-state index in [2.05, 4.69) is 41.6 Å². The molecule has 0 bridgehead atoms. The van der Waals surface area contributed by atoms with Crippen molar-refractivity contribution >= 4 is 34.4 Å². The lowest BCUT2D eigenvalue weighted by molar-refractivity contribution is 0.822. The first-order chi connectivity index (χ1) is 11.5. The lowest BCUT2D eigenvalue weighted by Gasteiger charge is -2.14. The number of halogens is 1. The Morgan fingerprint density at radius 1 is 1.29 bits per heavy atom. The fourth-order valence-corrected chi connectivity index (χ4v) is 3.90. The molecule has 0 unspecified atom stereocenters. The van der Waals surface area contributed by atoms with Crippen LogP contribution in [0, 0.1) is 0 Å². The summed E-state index contributed by atoms with van der Waals surface area (Å²) in [7, 11) is 0. The fourth-order valence-electron chi connectivity index (χ4n) is 2.81. The molecule has 1 aliphatic carbocycles. The molecule has 5 nitrogen and oxygen atoms in total. The number of hydrogen-bond acceptors (Lipinski definition) is 5. The Morgan fingerprint density at radius 2 is 2.08 bits per heavy atom. The van der Waals surface area contributed by atoms with Gasteiger partial charge in [0.25, 0.3) is 0 Å². The van der Waals surface area contributed by atoms with Gasteiger partial charge in [0.1, 0.15) is 16.0 Å². The van der Waals surface area contributed by atoms with Crippen LogP contribution >= 0.6 is 22.9 Å². The lowest BCUT2D eigenvalue weighted by Crippen LogP contribution is -2.11. The normalized spacial score (nSPS) is 16.0. The monoisotopic (exact) mass is 361 g/mol. The SMILES string of the molecule is CC(C)c1cnn2c(N[C@@H](C)c3nc(C4CC4)cs3)cc(Cl)nc12. The van der Waals surface area contributed by atoms with Crippen molar-refractivity contribution in [3.05, 3.63) is 39.1 Å². The predicted octanol–water partition coefficient (Wildman–Crippen LogP) is 5.01. The Kier molecular flexibility index (Phi) is 3.96. The van der Waals surface area contributed by atoms with Gasteiger partial charge in [0.05, 0.1) is 17.9 Å². The Balaban J connectivity index is 1.65. The van der Waals surface area contributed by atoms with Gasteiger partial charge in [0.2, 0.25) is 0 Å². The third kappa shape index (κ3) is 2.89. The van der Waals surface area contributed by atoms with Gasteiger partial charge in [-0.3, -0.25) is 0 Å². The molecule has 3 heterocycles. The lowest BCUT2D eigenvalue weighted by atomic mass is 10.1. The van der Waals surface area contributed by atoms with Gasteiger partial charge in [0, 0.05) is 22.9 Å². The molecule has 0 aromatic carbocycles. The highest BCUT2D eigenvalue weighted by Gasteiger charge is 2.27. The van der Waals surface area contributed by atoms with Crippen LogP contribution < -0.4 is 5.32 Å². The maximum absolute atomic E-state index is 6.24. The molecule has 0 radical (unpaired) electrons. The van der Waals surface area contributed by atoms with Gasteiger partial charge in [-0.15, -0.1) is 11.3 Å². The number of fused-ring (bicyclic) bond motifs is 1. The molecule has 0 spiro atoms. The number of thiazole rings is 1. The van der Waals surface area contributed by atoms with Crippen LogP contribution in [0.15, 0.2) is 17.6 Å². The number of anilines is 1. The van der Waals surface area contributed by atoms with Gasteiger partial charge in [-0.2, -0.15) is 9.61 Å². The number of hydrogen-bond donors (Lipinski definition) is 1. The first-order valence-electron chi connectivity index (χ1n) is 8.29. The maximum atomic E-state index is 6.24. The molecule has 7 heteroatoms. The summed E-state index contributed by atoms with van der Waals surface area (Å²) < 4.78 is 1.83. The van der Waals surface area contributed by atoms with E-state index in [1.807, 2.05) is 16.8 Å². The van der Waals surface area contributed by atoms with Crippen molar-refractivity contribution in [3.63, 3.8) is 0 Å². The van der Waals surface area contributed by atoms with E-state index in [0.717, 1.165) is 22.0 Å². The van der Waals surface area contributed by atoms with Crippen molar-refractivity contribution in [1.29, 1.82) is 0 Å². The number of nitrogens with zero attached hydrogens (tertiary/aromatic N) is 4. The first kappa shape index (κ1) is 15.8. The minimum absolute atomic E-state index is 0.0934. The molecule has 0 saturated heterocycles. The average molecular weight is 362 g/mol. The largest absolute Gasteiger partial charge is 0.361 e. The van der Waals surface area contributed by atoms with E-state index in [1.165, 1.54) is 18.5 Å². The minimum atomic E-state index is 0.0934. The van der Waals surface area contributed by atoms with Crippen LogP contribution in [0.5, 0.6) is 0 Å². The van der Waals surface area contributed by atoms with Gasteiger partial charge in [0.15, 0.2) is 5.65 Å². The van der Waals surface area contributed by atoms with Gasteiger partial charge in [-0.05, 0) is 25.7 Å². The van der Waals surface area contributed by atoms with Gasteiger partial charge >= 0.3 is 0 Å². The smallest absolute Gasteiger partial charge is 0.162 e. The summed E-state index contributed by atoms with van der Waals surface area (Å²) in [5.74, 6) is 1.87. The first-order valence-corrected chi connectivity index (χ1v) is 9.54. The summed E-state index contributed by atoms with van der Waals surface area (Å²) in [6.07, 6.45) is 4.42. The van der Waals surface area contributed by atoms with Crippen molar-refractivity contribution in [1.82, 2.24) is 19.6 Å². The van der Waals surface area contributed by atoms with Crippen LogP contribution in [-0.2, 0) is 0 Å². The molecule has 3 aromatic heterocycles. The Labute approximate surface area is 150 Å². The molecule has 1 atom stereocenters. The third-order valence-corrected chi connectivity index (χ3v) is 5.60. The zero-order chi connectivity index (χ0) is 16.8. The highest BCUT2D eigenvalue weighted by molar-refractivity contribution is 7.09. The molecule has 0 amide bonds. The zero-order valence-corrected chi connectivity index (χ0v) is 15.5. The standard InChI is InChI=1S/C17H20ClN5S/c1-9(2)12-7-19-23-15(6-14(18)22-16(12)23)20-10(3)17-21-13(8-24-17)11-4-5-11/h6-11,20H,4-5H2,1-3H3/t10-/m0/s1. The second kappa shape index (κ2) is 6.01. The minimum Gasteiger partial charge on any atom is -0.361 e. The zero-order valence-electron chi connectivity index (χ0n) is 14.0. The second-order valence-electron chi connectivity index (χ2n) is 6.71. The molecular formula is C17H20ClN5S. The molecule has 24 heavy (non-hydrogen) atoms. The Hall–Kier alpha value is -1.66. The summed E-state index contributed by atoms with van der Waals surface area (Å²) in [6.45, 7) is 6.37.